The quantitative estimate of drug-likeness (QED) is 0.268. The number of rotatable bonds is 9. The number of aromatic nitrogens is 2. The summed E-state index contributed by atoms with van der Waals surface area (Å²) in [7, 11) is -4.23. The van der Waals surface area contributed by atoms with Crippen molar-refractivity contribution in [2.24, 2.45) is 5.92 Å². The minimum Gasteiger partial charge on any atom is -0.457 e. The van der Waals surface area contributed by atoms with E-state index < -0.39 is 43.1 Å². The molecule has 1 saturated heterocycles. The molecule has 2 aliphatic rings. The molecule has 0 bridgehead atoms. The number of carbonyl (C=O) groups is 1. The zero-order valence-corrected chi connectivity index (χ0v) is 23.4. The van der Waals surface area contributed by atoms with Crippen LogP contribution in [0.2, 0.25) is 0 Å². The number of fused-ring (bicyclic) bond motifs is 1. The van der Waals surface area contributed by atoms with Gasteiger partial charge in [0, 0.05) is 31.2 Å². The van der Waals surface area contributed by atoms with Gasteiger partial charge in [-0.15, -0.1) is 0 Å². The van der Waals surface area contributed by atoms with Crippen LogP contribution in [-0.2, 0) is 29.9 Å². The maximum absolute atomic E-state index is 13.8. The Kier molecular flexibility index (Phi) is 8.83. The van der Waals surface area contributed by atoms with Gasteiger partial charge in [-0.2, -0.15) is 0 Å². The van der Waals surface area contributed by atoms with Crippen molar-refractivity contribution >= 4 is 13.6 Å². The lowest BCUT2D eigenvalue weighted by Gasteiger charge is -2.17. The van der Waals surface area contributed by atoms with Gasteiger partial charge in [0.05, 0.1) is 25.4 Å². The number of ether oxygens (including phenoxy) is 4. The SMILES string of the molecule is C=C1C(COP(=O)(C#[N+]C(C)C(=O)OC(C)C)Oc2ccc3c(c2)OCO3)OC(Cn2ccc(=O)[nH]c2=O)C1C. The summed E-state index contributed by atoms with van der Waals surface area (Å²) in [6, 6.07) is 4.83. The summed E-state index contributed by atoms with van der Waals surface area (Å²) in [6.07, 6.45) is -0.140. The van der Waals surface area contributed by atoms with Crippen LogP contribution in [0.15, 0.2) is 52.2 Å². The normalized spacial score (nSPS) is 21.8. The van der Waals surface area contributed by atoms with Crippen LogP contribution in [0.3, 0.4) is 0 Å². The molecule has 0 radical (unpaired) electrons. The molecule has 1 N–H and O–H groups in total. The lowest BCUT2D eigenvalue weighted by atomic mass is 9.97. The molecule has 0 amide bonds. The van der Waals surface area contributed by atoms with E-state index in [4.69, 9.17) is 28.0 Å². The first-order valence-electron chi connectivity index (χ1n) is 12.6. The van der Waals surface area contributed by atoms with E-state index in [0.29, 0.717) is 17.1 Å². The van der Waals surface area contributed by atoms with E-state index >= 15 is 0 Å². The van der Waals surface area contributed by atoms with Crippen molar-refractivity contribution in [3.63, 3.8) is 0 Å². The number of benzene rings is 1. The Morgan fingerprint density at radius 2 is 2.00 bits per heavy atom. The molecular formula is C26H31N3O10P+. The molecule has 14 heteroatoms. The number of carbonyl (C=O) groups excluding carboxylic acids is 1. The van der Waals surface area contributed by atoms with Gasteiger partial charge in [0.1, 0.15) is 11.9 Å². The fraction of sp³-hybridized carbons (Fsp3) is 0.462. The van der Waals surface area contributed by atoms with Gasteiger partial charge < -0.3 is 23.5 Å². The van der Waals surface area contributed by atoms with E-state index in [2.05, 4.69) is 22.2 Å². The Balaban J connectivity index is 1.50. The summed E-state index contributed by atoms with van der Waals surface area (Å²) in [5.74, 6) is 2.61. The van der Waals surface area contributed by atoms with Gasteiger partial charge in [0.25, 0.3) is 5.56 Å². The highest BCUT2D eigenvalue weighted by molar-refractivity contribution is 7.59. The topological polar surface area (TPSA) is 149 Å². The number of H-pyrrole nitrogens is 1. The molecule has 0 saturated carbocycles. The van der Waals surface area contributed by atoms with Crippen molar-refractivity contribution in [3.05, 3.63) is 68.3 Å². The van der Waals surface area contributed by atoms with Crippen molar-refractivity contribution in [1.29, 1.82) is 0 Å². The largest absolute Gasteiger partial charge is 0.530 e. The van der Waals surface area contributed by atoms with Gasteiger partial charge in [-0.05, 0) is 31.6 Å². The zero-order chi connectivity index (χ0) is 29.0. The lowest BCUT2D eigenvalue weighted by molar-refractivity contribution is -0.147. The lowest BCUT2D eigenvalue weighted by Crippen LogP contribution is -2.33. The zero-order valence-electron chi connectivity index (χ0n) is 22.5. The van der Waals surface area contributed by atoms with E-state index in [9.17, 15) is 18.9 Å². The smallest absolute Gasteiger partial charge is 0.457 e. The van der Waals surface area contributed by atoms with Crippen LogP contribution >= 0.6 is 7.60 Å². The predicted octanol–water partition coefficient (Wildman–Crippen LogP) is 3.14. The number of nitrogens with zero attached hydrogens (tertiary/aromatic N) is 2. The average molecular weight is 577 g/mol. The van der Waals surface area contributed by atoms with Crippen LogP contribution in [0.5, 0.6) is 17.2 Å². The monoisotopic (exact) mass is 576 g/mol. The number of aromatic amines is 1. The maximum atomic E-state index is 13.8. The van der Waals surface area contributed by atoms with E-state index in [0.717, 1.165) is 0 Å². The van der Waals surface area contributed by atoms with E-state index in [1.54, 1.807) is 19.9 Å². The summed E-state index contributed by atoms with van der Waals surface area (Å²) in [5, 5.41) is 0. The Bertz CT molecular complexity index is 1500. The molecule has 1 aromatic heterocycles. The van der Waals surface area contributed by atoms with Crippen molar-refractivity contribution in [3.8, 4) is 23.1 Å². The van der Waals surface area contributed by atoms with Crippen molar-refractivity contribution in [2.45, 2.75) is 58.6 Å². The van der Waals surface area contributed by atoms with Crippen LogP contribution in [0.25, 0.3) is 4.85 Å². The molecule has 0 aliphatic carbocycles. The fourth-order valence-electron chi connectivity index (χ4n) is 3.93. The fourth-order valence-corrected chi connectivity index (χ4v) is 5.12. The Hall–Kier alpha value is -3.85. The van der Waals surface area contributed by atoms with Crippen molar-refractivity contribution in [2.75, 3.05) is 13.4 Å². The Morgan fingerprint density at radius 3 is 2.73 bits per heavy atom. The molecule has 4 rings (SSSR count). The molecule has 1 fully saturated rings. The highest BCUT2D eigenvalue weighted by Crippen LogP contribution is 2.50. The molecule has 2 aromatic rings. The first kappa shape index (κ1) is 29.1. The van der Waals surface area contributed by atoms with Crippen molar-refractivity contribution in [1.82, 2.24) is 9.55 Å². The molecule has 5 atom stereocenters. The molecule has 1 aromatic carbocycles. The summed E-state index contributed by atoms with van der Waals surface area (Å²) >= 11 is 0. The molecule has 13 nitrogen and oxygen atoms in total. The van der Waals surface area contributed by atoms with Crippen LogP contribution in [0, 0.1) is 11.7 Å². The Morgan fingerprint density at radius 1 is 1.25 bits per heavy atom. The van der Waals surface area contributed by atoms with Crippen LogP contribution in [0.1, 0.15) is 27.7 Å². The number of nitrogens with one attached hydrogen (secondary N) is 1. The third kappa shape index (κ3) is 7.01. The predicted molar refractivity (Wildman–Crippen MR) is 143 cm³/mol. The summed E-state index contributed by atoms with van der Waals surface area (Å²) < 4.78 is 48.4. The summed E-state index contributed by atoms with van der Waals surface area (Å²) in [5.41, 5.74) is -0.408. The van der Waals surface area contributed by atoms with Gasteiger partial charge in [-0.3, -0.25) is 18.9 Å². The standard InChI is InChI=1S/C26H30N3O10P/c1-15(2)37-25(31)18(5)27-13-40(33,39-19-6-7-20-21(10-19)35-14-34-20)36-12-23-17(4)16(3)22(38-23)11-29-9-8-24(30)28-26(29)32/h6-10,15-16,18,22-23H,4,11-12,14H2,1-3,5H3/p+1. The van der Waals surface area contributed by atoms with Gasteiger partial charge in [0.2, 0.25) is 6.79 Å². The molecule has 40 heavy (non-hydrogen) atoms. The summed E-state index contributed by atoms with van der Waals surface area (Å²) in [6.45, 7) is 10.8. The van der Waals surface area contributed by atoms with Crippen molar-refractivity contribution < 1.29 is 37.4 Å². The third-order valence-electron chi connectivity index (χ3n) is 6.20. The van der Waals surface area contributed by atoms with Crippen LogP contribution in [0.4, 0.5) is 0 Å². The molecule has 0 spiro atoms. The minimum atomic E-state index is -4.23. The molecule has 5 unspecified atom stereocenters. The first-order chi connectivity index (χ1) is 18.9. The van der Waals surface area contributed by atoms with E-state index in [1.807, 2.05) is 6.92 Å². The van der Waals surface area contributed by atoms with Gasteiger partial charge >= 0.3 is 31.1 Å². The van der Waals surface area contributed by atoms with Gasteiger partial charge in [0.15, 0.2) is 11.5 Å². The second-order valence-electron chi connectivity index (χ2n) is 9.58. The average Bonchev–Trinajstić information content (AvgIpc) is 3.47. The third-order valence-corrected chi connectivity index (χ3v) is 7.50. The highest BCUT2D eigenvalue weighted by Gasteiger charge is 2.41. The minimum absolute atomic E-state index is 0.0433. The number of hydrogen-bond donors (Lipinski definition) is 1. The molecule has 3 heterocycles. The first-order valence-corrected chi connectivity index (χ1v) is 14.1. The molecule has 214 valence electrons. The second-order valence-corrected chi connectivity index (χ2v) is 11.2. The number of esters is 1. The Labute approximate surface area is 230 Å². The maximum Gasteiger partial charge on any atom is 0.530 e. The van der Waals surface area contributed by atoms with Crippen LogP contribution in [-0.4, -0.2) is 53.3 Å². The van der Waals surface area contributed by atoms with Gasteiger partial charge in [-0.1, -0.05) is 18.3 Å². The van der Waals surface area contributed by atoms with Crippen LogP contribution < -0.4 is 25.2 Å². The molecule has 2 aliphatic heterocycles. The molecular weight excluding hydrogens is 545 g/mol. The van der Waals surface area contributed by atoms with E-state index in [1.165, 1.54) is 35.9 Å². The summed E-state index contributed by atoms with van der Waals surface area (Å²) in [4.78, 5) is 41.8. The number of hydrogen-bond acceptors (Lipinski definition) is 10. The van der Waals surface area contributed by atoms with Gasteiger partial charge in [-0.25, -0.2) is 14.2 Å². The van der Waals surface area contributed by atoms with E-state index in [-0.39, 0.29) is 37.7 Å². The highest BCUT2D eigenvalue weighted by atomic mass is 31.2. The second kappa shape index (κ2) is 12.1.